The number of rotatable bonds is 7. The number of hydrogen-bond acceptors (Lipinski definition) is 3. The van der Waals surface area contributed by atoms with Gasteiger partial charge in [-0.1, -0.05) is 13.8 Å². The van der Waals surface area contributed by atoms with E-state index in [9.17, 15) is 0 Å². The van der Waals surface area contributed by atoms with E-state index in [0.717, 1.165) is 13.0 Å². The van der Waals surface area contributed by atoms with Gasteiger partial charge in [0.1, 0.15) is 0 Å². The summed E-state index contributed by atoms with van der Waals surface area (Å²) in [5, 5.41) is 8.94. The van der Waals surface area contributed by atoms with Gasteiger partial charge in [-0.2, -0.15) is 0 Å². The fourth-order valence-corrected chi connectivity index (χ4v) is 0.607. The van der Waals surface area contributed by atoms with Crippen LogP contribution in [0, 0.1) is 0 Å². The SMILES string of the molecule is CCCOCCOC(O)CC. The molecule has 0 saturated heterocycles. The average Bonchev–Trinajstić information content (AvgIpc) is 2.04. The molecule has 0 saturated carbocycles. The summed E-state index contributed by atoms with van der Waals surface area (Å²) in [5.41, 5.74) is 0. The van der Waals surface area contributed by atoms with Crippen molar-refractivity contribution in [2.75, 3.05) is 19.8 Å². The molecule has 0 rings (SSSR count). The summed E-state index contributed by atoms with van der Waals surface area (Å²) >= 11 is 0. The molecule has 11 heavy (non-hydrogen) atoms. The van der Waals surface area contributed by atoms with Crippen molar-refractivity contribution >= 4 is 0 Å². The van der Waals surface area contributed by atoms with Crippen molar-refractivity contribution in [2.45, 2.75) is 33.0 Å². The average molecular weight is 162 g/mol. The number of aliphatic hydroxyl groups excluding tert-OH is 1. The summed E-state index contributed by atoms with van der Waals surface area (Å²) in [7, 11) is 0. The standard InChI is InChI=1S/C8H18O3/c1-3-5-10-6-7-11-8(9)4-2/h8-9H,3-7H2,1-2H3. The molecule has 0 aromatic rings. The summed E-state index contributed by atoms with van der Waals surface area (Å²) < 4.78 is 10.1. The van der Waals surface area contributed by atoms with Crippen LogP contribution < -0.4 is 0 Å². The Morgan fingerprint density at radius 1 is 1.18 bits per heavy atom. The maximum absolute atomic E-state index is 8.94. The highest BCUT2D eigenvalue weighted by molar-refractivity contribution is 4.35. The Balaban J connectivity index is 2.89. The molecule has 0 heterocycles. The molecular weight excluding hydrogens is 144 g/mol. The molecule has 0 aliphatic rings. The number of ether oxygens (including phenoxy) is 2. The maximum atomic E-state index is 8.94. The van der Waals surface area contributed by atoms with Gasteiger partial charge in [0.05, 0.1) is 13.2 Å². The van der Waals surface area contributed by atoms with Crippen molar-refractivity contribution in [1.82, 2.24) is 0 Å². The van der Waals surface area contributed by atoms with Crippen LogP contribution in [0.2, 0.25) is 0 Å². The lowest BCUT2D eigenvalue weighted by Crippen LogP contribution is -2.14. The van der Waals surface area contributed by atoms with Crippen LogP contribution in [0.5, 0.6) is 0 Å². The highest BCUT2D eigenvalue weighted by Crippen LogP contribution is 1.91. The highest BCUT2D eigenvalue weighted by Gasteiger charge is 1.97. The van der Waals surface area contributed by atoms with Crippen LogP contribution in [0.15, 0.2) is 0 Å². The molecule has 0 aliphatic carbocycles. The molecule has 3 heteroatoms. The van der Waals surface area contributed by atoms with E-state index in [2.05, 4.69) is 6.92 Å². The molecule has 1 N–H and O–H groups in total. The number of aliphatic hydroxyl groups is 1. The van der Waals surface area contributed by atoms with E-state index >= 15 is 0 Å². The minimum atomic E-state index is -0.625. The minimum absolute atomic E-state index is 0.481. The molecule has 68 valence electrons. The van der Waals surface area contributed by atoms with Crippen LogP contribution in [-0.4, -0.2) is 31.2 Å². The quantitative estimate of drug-likeness (QED) is 0.451. The molecule has 1 unspecified atom stereocenters. The van der Waals surface area contributed by atoms with Gasteiger partial charge in [-0.3, -0.25) is 0 Å². The smallest absolute Gasteiger partial charge is 0.154 e. The first kappa shape index (κ1) is 10.9. The van der Waals surface area contributed by atoms with Gasteiger partial charge in [0.25, 0.3) is 0 Å². The fraction of sp³-hybridized carbons (Fsp3) is 1.00. The van der Waals surface area contributed by atoms with Crippen LogP contribution in [0.25, 0.3) is 0 Å². The normalized spacial score (nSPS) is 13.4. The lowest BCUT2D eigenvalue weighted by molar-refractivity contribution is -0.113. The third-order valence-electron chi connectivity index (χ3n) is 1.24. The van der Waals surface area contributed by atoms with Crippen molar-refractivity contribution in [3.8, 4) is 0 Å². The van der Waals surface area contributed by atoms with Gasteiger partial charge in [-0.25, -0.2) is 0 Å². The molecule has 0 fully saturated rings. The van der Waals surface area contributed by atoms with Gasteiger partial charge in [0, 0.05) is 6.61 Å². The van der Waals surface area contributed by atoms with Crippen molar-refractivity contribution in [1.29, 1.82) is 0 Å². The predicted octanol–water partition coefficient (Wildman–Crippen LogP) is 1.16. The summed E-state index contributed by atoms with van der Waals surface area (Å²) in [5.74, 6) is 0. The highest BCUT2D eigenvalue weighted by atomic mass is 16.6. The molecule has 1 atom stereocenters. The molecule has 0 radical (unpaired) electrons. The van der Waals surface area contributed by atoms with Gasteiger partial charge < -0.3 is 14.6 Å². The topological polar surface area (TPSA) is 38.7 Å². The Labute approximate surface area is 68.3 Å². The first-order valence-electron chi connectivity index (χ1n) is 4.18. The molecular formula is C8H18O3. The molecule has 0 aromatic heterocycles. The Kier molecular flexibility index (Phi) is 7.89. The third kappa shape index (κ3) is 7.78. The molecule has 3 nitrogen and oxygen atoms in total. The van der Waals surface area contributed by atoms with Crippen molar-refractivity contribution in [2.24, 2.45) is 0 Å². The van der Waals surface area contributed by atoms with Crippen LogP contribution in [-0.2, 0) is 9.47 Å². The van der Waals surface area contributed by atoms with E-state index in [-0.39, 0.29) is 0 Å². The second-order valence-electron chi connectivity index (χ2n) is 2.35. The molecule has 0 spiro atoms. The zero-order valence-electron chi connectivity index (χ0n) is 7.38. The van der Waals surface area contributed by atoms with Crippen LogP contribution >= 0.6 is 0 Å². The van der Waals surface area contributed by atoms with Crippen molar-refractivity contribution in [3.63, 3.8) is 0 Å². The van der Waals surface area contributed by atoms with Gasteiger partial charge in [0.2, 0.25) is 0 Å². The molecule has 0 bridgehead atoms. The molecule has 0 amide bonds. The van der Waals surface area contributed by atoms with E-state index in [4.69, 9.17) is 14.6 Å². The summed E-state index contributed by atoms with van der Waals surface area (Å²) in [6, 6.07) is 0. The minimum Gasteiger partial charge on any atom is -0.379 e. The first-order valence-corrected chi connectivity index (χ1v) is 4.18. The third-order valence-corrected chi connectivity index (χ3v) is 1.24. The summed E-state index contributed by atoms with van der Waals surface area (Å²) in [6.45, 7) is 5.75. The van der Waals surface area contributed by atoms with Gasteiger partial charge in [-0.15, -0.1) is 0 Å². The zero-order chi connectivity index (χ0) is 8.53. The lowest BCUT2D eigenvalue weighted by Gasteiger charge is -2.08. The van der Waals surface area contributed by atoms with E-state index in [1.165, 1.54) is 0 Å². The Morgan fingerprint density at radius 2 is 1.91 bits per heavy atom. The summed E-state index contributed by atoms with van der Waals surface area (Å²) in [4.78, 5) is 0. The second kappa shape index (κ2) is 7.98. The maximum Gasteiger partial charge on any atom is 0.154 e. The largest absolute Gasteiger partial charge is 0.379 e. The second-order valence-corrected chi connectivity index (χ2v) is 2.35. The van der Waals surface area contributed by atoms with E-state index < -0.39 is 6.29 Å². The van der Waals surface area contributed by atoms with Gasteiger partial charge in [0.15, 0.2) is 6.29 Å². The van der Waals surface area contributed by atoms with Gasteiger partial charge in [-0.05, 0) is 12.8 Å². The fourth-order valence-electron chi connectivity index (χ4n) is 0.607. The Bertz CT molecular complexity index is 75.7. The van der Waals surface area contributed by atoms with Crippen molar-refractivity contribution in [3.05, 3.63) is 0 Å². The van der Waals surface area contributed by atoms with Gasteiger partial charge >= 0.3 is 0 Å². The van der Waals surface area contributed by atoms with Crippen molar-refractivity contribution < 1.29 is 14.6 Å². The van der Waals surface area contributed by atoms with Crippen LogP contribution in [0.1, 0.15) is 26.7 Å². The van der Waals surface area contributed by atoms with E-state index in [0.29, 0.717) is 19.6 Å². The monoisotopic (exact) mass is 162 g/mol. The Hall–Kier alpha value is -0.120. The van der Waals surface area contributed by atoms with E-state index in [1.54, 1.807) is 0 Å². The lowest BCUT2D eigenvalue weighted by atomic mass is 10.5. The first-order chi connectivity index (χ1) is 5.31. The zero-order valence-corrected chi connectivity index (χ0v) is 7.38. The molecule has 0 aliphatic heterocycles. The number of hydrogen-bond donors (Lipinski definition) is 1. The van der Waals surface area contributed by atoms with Crippen LogP contribution in [0.3, 0.4) is 0 Å². The predicted molar refractivity (Wildman–Crippen MR) is 43.4 cm³/mol. The molecule has 0 aromatic carbocycles. The van der Waals surface area contributed by atoms with Crippen LogP contribution in [0.4, 0.5) is 0 Å². The van der Waals surface area contributed by atoms with E-state index in [1.807, 2.05) is 6.92 Å². The Morgan fingerprint density at radius 3 is 2.45 bits per heavy atom. The summed E-state index contributed by atoms with van der Waals surface area (Å²) in [6.07, 6.45) is 1.03.